The molecule has 1 heterocycles. The van der Waals surface area contributed by atoms with Crippen LogP contribution in [-0.2, 0) is 9.53 Å². The number of carbonyl (C=O) groups excluding carboxylic acids is 1. The molecule has 17 heavy (non-hydrogen) atoms. The van der Waals surface area contributed by atoms with E-state index in [4.69, 9.17) is 4.74 Å². The lowest BCUT2D eigenvalue weighted by Gasteiger charge is -2.27. The molecule has 2 aliphatic rings. The van der Waals surface area contributed by atoms with Gasteiger partial charge in [0.05, 0.1) is 0 Å². The van der Waals surface area contributed by atoms with E-state index in [1.54, 1.807) is 0 Å². The van der Waals surface area contributed by atoms with Crippen molar-refractivity contribution in [2.24, 2.45) is 5.92 Å². The lowest BCUT2D eigenvalue weighted by atomic mass is 10.1. The number of ether oxygens (including phenoxy) is 1. The standard InChI is InChI=1S/C14H25NO2/c1-14(2,3)17-13(16)12-5-4-9-15(12)10-8-11-6-7-11/h11-12H,4-10H2,1-3H3/t12-/m0/s1. The Labute approximate surface area is 105 Å². The first-order valence-electron chi connectivity index (χ1n) is 6.92. The zero-order valence-corrected chi connectivity index (χ0v) is 11.4. The van der Waals surface area contributed by atoms with Gasteiger partial charge in [0, 0.05) is 0 Å². The molecule has 0 amide bonds. The third-order valence-corrected chi connectivity index (χ3v) is 3.56. The van der Waals surface area contributed by atoms with Crippen molar-refractivity contribution in [3.05, 3.63) is 0 Å². The summed E-state index contributed by atoms with van der Waals surface area (Å²) in [5.41, 5.74) is -0.359. The van der Waals surface area contributed by atoms with E-state index < -0.39 is 0 Å². The van der Waals surface area contributed by atoms with Gasteiger partial charge in [-0.15, -0.1) is 0 Å². The minimum absolute atomic E-state index is 0.0213. The summed E-state index contributed by atoms with van der Waals surface area (Å²) in [6.45, 7) is 7.96. The van der Waals surface area contributed by atoms with Gasteiger partial charge in [0.2, 0.25) is 0 Å². The number of esters is 1. The van der Waals surface area contributed by atoms with Crippen LogP contribution in [0.1, 0.15) is 52.9 Å². The zero-order chi connectivity index (χ0) is 12.5. The minimum Gasteiger partial charge on any atom is -0.459 e. The Morgan fingerprint density at radius 3 is 2.59 bits per heavy atom. The van der Waals surface area contributed by atoms with Gasteiger partial charge in [-0.05, 0) is 59.0 Å². The predicted octanol–water partition coefficient (Wildman–Crippen LogP) is 2.59. The van der Waals surface area contributed by atoms with E-state index in [0.29, 0.717) is 0 Å². The van der Waals surface area contributed by atoms with Crippen LogP contribution in [0.5, 0.6) is 0 Å². The number of rotatable bonds is 4. The number of nitrogens with zero attached hydrogens (tertiary/aromatic N) is 1. The van der Waals surface area contributed by atoms with Crippen molar-refractivity contribution in [3.63, 3.8) is 0 Å². The molecule has 0 bridgehead atoms. The van der Waals surface area contributed by atoms with E-state index in [1.807, 2.05) is 20.8 Å². The van der Waals surface area contributed by atoms with E-state index in [9.17, 15) is 4.79 Å². The van der Waals surface area contributed by atoms with Crippen LogP contribution in [0.2, 0.25) is 0 Å². The highest BCUT2D eigenvalue weighted by molar-refractivity contribution is 5.76. The molecule has 0 spiro atoms. The fourth-order valence-electron chi connectivity index (χ4n) is 2.49. The lowest BCUT2D eigenvalue weighted by molar-refractivity contribution is -0.160. The maximum Gasteiger partial charge on any atom is 0.323 e. The lowest BCUT2D eigenvalue weighted by Crippen LogP contribution is -2.41. The van der Waals surface area contributed by atoms with Gasteiger partial charge in [0.15, 0.2) is 0 Å². The minimum atomic E-state index is -0.359. The SMILES string of the molecule is CC(C)(C)OC(=O)[C@@H]1CCCN1CCC1CC1. The predicted molar refractivity (Wildman–Crippen MR) is 67.8 cm³/mol. The molecule has 0 unspecified atom stereocenters. The molecule has 98 valence electrons. The molecule has 3 nitrogen and oxygen atoms in total. The van der Waals surface area contributed by atoms with Gasteiger partial charge in [-0.1, -0.05) is 12.8 Å². The summed E-state index contributed by atoms with van der Waals surface area (Å²) in [5.74, 6) is 0.917. The second kappa shape index (κ2) is 4.97. The smallest absolute Gasteiger partial charge is 0.323 e. The van der Waals surface area contributed by atoms with E-state index in [2.05, 4.69) is 4.90 Å². The number of hydrogen-bond acceptors (Lipinski definition) is 3. The fraction of sp³-hybridized carbons (Fsp3) is 0.929. The number of hydrogen-bond donors (Lipinski definition) is 0. The highest BCUT2D eigenvalue weighted by Crippen LogP contribution is 2.33. The molecule has 1 aliphatic heterocycles. The Bertz CT molecular complexity index is 278. The topological polar surface area (TPSA) is 29.5 Å². The van der Waals surface area contributed by atoms with Gasteiger partial charge in [-0.25, -0.2) is 0 Å². The third-order valence-electron chi connectivity index (χ3n) is 3.56. The molecule has 0 radical (unpaired) electrons. The summed E-state index contributed by atoms with van der Waals surface area (Å²) < 4.78 is 5.49. The zero-order valence-electron chi connectivity index (χ0n) is 11.4. The average molecular weight is 239 g/mol. The van der Waals surface area contributed by atoms with Crippen LogP contribution in [0, 0.1) is 5.92 Å². The van der Waals surface area contributed by atoms with Gasteiger partial charge < -0.3 is 4.74 Å². The molecule has 2 rings (SSSR count). The Kier molecular flexibility index (Phi) is 3.76. The van der Waals surface area contributed by atoms with Crippen LogP contribution >= 0.6 is 0 Å². The van der Waals surface area contributed by atoms with Crippen LogP contribution in [0.15, 0.2) is 0 Å². The largest absolute Gasteiger partial charge is 0.459 e. The van der Waals surface area contributed by atoms with Crippen molar-refractivity contribution in [1.29, 1.82) is 0 Å². The number of carbonyl (C=O) groups is 1. The Morgan fingerprint density at radius 2 is 2.00 bits per heavy atom. The third kappa shape index (κ3) is 3.98. The molecule has 0 N–H and O–H groups in total. The first-order chi connectivity index (χ1) is 7.96. The highest BCUT2D eigenvalue weighted by Gasteiger charge is 2.34. The molecule has 3 heteroatoms. The number of likely N-dealkylation sites (tertiary alicyclic amines) is 1. The van der Waals surface area contributed by atoms with Crippen molar-refractivity contribution < 1.29 is 9.53 Å². The molecular formula is C14H25NO2. The molecule has 1 saturated carbocycles. The van der Waals surface area contributed by atoms with Crippen molar-refractivity contribution >= 4 is 5.97 Å². The van der Waals surface area contributed by atoms with Crippen molar-refractivity contribution in [2.75, 3.05) is 13.1 Å². The van der Waals surface area contributed by atoms with Crippen molar-refractivity contribution in [3.8, 4) is 0 Å². The van der Waals surface area contributed by atoms with Gasteiger partial charge >= 0.3 is 5.97 Å². The summed E-state index contributed by atoms with van der Waals surface area (Å²) in [5, 5.41) is 0. The van der Waals surface area contributed by atoms with Gasteiger partial charge in [0.1, 0.15) is 11.6 Å². The summed E-state index contributed by atoms with van der Waals surface area (Å²) in [6, 6.07) is 0.0213. The molecule has 0 aromatic heterocycles. The van der Waals surface area contributed by atoms with Gasteiger partial charge in [0.25, 0.3) is 0 Å². The van der Waals surface area contributed by atoms with E-state index in [0.717, 1.165) is 31.8 Å². The molecular weight excluding hydrogens is 214 g/mol. The maximum absolute atomic E-state index is 12.1. The van der Waals surface area contributed by atoms with Crippen LogP contribution in [-0.4, -0.2) is 35.6 Å². The quantitative estimate of drug-likeness (QED) is 0.706. The van der Waals surface area contributed by atoms with E-state index >= 15 is 0 Å². The van der Waals surface area contributed by atoms with Gasteiger partial charge in [-0.3, -0.25) is 9.69 Å². The average Bonchev–Trinajstić information content (AvgIpc) is 2.90. The normalized spacial score (nSPS) is 26.2. The molecule has 0 aromatic rings. The molecule has 2 fully saturated rings. The van der Waals surface area contributed by atoms with Crippen molar-refractivity contribution in [1.82, 2.24) is 4.90 Å². The van der Waals surface area contributed by atoms with E-state index in [1.165, 1.54) is 19.3 Å². The van der Waals surface area contributed by atoms with E-state index in [-0.39, 0.29) is 17.6 Å². The molecule has 1 saturated heterocycles. The maximum atomic E-state index is 12.1. The highest BCUT2D eigenvalue weighted by atomic mass is 16.6. The van der Waals surface area contributed by atoms with Gasteiger partial charge in [-0.2, -0.15) is 0 Å². The second-order valence-corrected chi connectivity index (χ2v) is 6.46. The first-order valence-corrected chi connectivity index (χ1v) is 6.92. The molecule has 0 aromatic carbocycles. The Hall–Kier alpha value is -0.570. The summed E-state index contributed by atoms with van der Waals surface area (Å²) >= 11 is 0. The monoisotopic (exact) mass is 239 g/mol. The second-order valence-electron chi connectivity index (χ2n) is 6.46. The summed E-state index contributed by atoms with van der Waals surface area (Å²) in [6.07, 6.45) is 6.16. The van der Waals surface area contributed by atoms with Crippen molar-refractivity contribution in [2.45, 2.75) is 64.5 Å². The van der Waals surface area contributed by atoms with Crippen LogP contribution in [0.25, 0.3) is 0 Å². The summed E-state index contributed by atoms with van der Waals surface area (Å²) in [7, 11) is 0. The first kappa shape index (κ1) is 12.9. The van der Waals surface area contributed by atoms with Crippen LogP contribution in [0.3, 0.4) is 0 Å². The van der Waals surface area contributed by atoms with Crippen LogP contribution < -0.4 is 0 Å². The van der Waals surface area contributed by atoms with Crippen LogP contribution in [0.4, 0.5) is 0 Å². The molecule has 1 aliphatic carbocycles. The fourth-order valence-corrected chi connectivity index (χ4v) is 2.49. The Morgan fingerprint density at radius 1 is 1.29 bits per heavy atom. The summed E-state index contributed by atoms with van der Waals surface area (Å²) in [4.78, 5) is 14.4. The molecule has 1 atom stereocenters. The Balaban J connectivity index is 1.82.